The van der Waals surface area contributed by atoms with Gasteiger partial charge >= 0.3 is 12.0 Å². The third-order valence-corrected chi connectivity index (χ3v) is 3.27. The topological polar surface area (TPSA) is 78.9 Å². The van der Waals surface area contributed by atoms with Crippen LogP contribution in [0.15, 0.2) is 24.3 Å². The summed E-state index contributed by atoms with van der Waals surface area (Å²) in [7, 11) is 1.55. The molecule has 0 bridgehead atoms. The number of carboxylic acids is 1. The lowest BCUT2D eigenvalue weighted by molar-refractivity contribution is -0.138. The molecule has 0 radical (unpaired) electrons. The van der Waals surface area contributed by atoms with E-state index in [0.29, 0.717) is 18.7 Å². The van der Waals surface area contributed by atoms with Gasteiger partial charge in [0.05, 0.1) is 12.6 Å². The summed E-state index contributed by atoms with van der Waals surface area (Å²) in [6.45, 7) is 2.18. The predicted octanol–water partition coefficient (Wildman–Crippen LogP) is 1.25. The molecule has 108 valence electrons. The zero-order valence-electron chi connectivity index (χ0n) is 11.5. The summed E-state index contributed by atoms with van der Waals surface area (Å²) in [6.07, 6.45) is 0.331. The van der Waals surface area contributed by atoms with Crippen molar-refractivity contribution in [2.24, 2.45) is 0 Å². The summed E-state index contributed by atoms with van der Waals surface area (Å²) < 4.78 is 4.96. The molecular weight excluding hydrogens is 260 g/mol. The summed E-state index contributed by atoms with van der Waals surface area (Å²) >= 11 is 0. The molecule has 2 N–H and O–H groups in total. The van der Waals surface area contributed by atoms with Crippen molar-refractivity contribution in [3.63, 3.8) is 0 Å². The largest absolute Gasteiger partial charge is 0.480 e. The number of fused-ring (bicyclic) bond motifs is 1. The summed E-state index contributed by atoms with van der Waals surface area (Å²) in [6, 6.07) is 5.79. The molecule has 6 heteroatoms. The lowest BCUT2D eigenvalue weighted by Gasteiger charge is -2.25. The average Bonchev–Trinajstić information content (AvgIpc) is 2.78. The van der Waals surface area contributed by atoms with Gasteiger partial charge in [0.1, 0.15) is 6.04 Å². The Hall–Kier alpha value is -2.08. The van der Waals surface area contributed by atoms with E-state index in [-0.39, 0.29) is 6.04 Å². The smallest absolute Gasteiger partial charge is 0.327 e. The number of aliphatic carboxylic acids is 1. The number of carbonyl (C=O) groups is 2. The van der Waals surface area contributed by atoms with E-state index in [2.05, 4.69) is 5.32 Å². The number of ether oxygens (including phenoxy) is 1. The highest BCUT2D eigenvalue weighted by Crippen LogP contribution is 2.32. The van der Waals surface area contributed by atoms with E-state index in [9.17, 15) is 14.7 Å². The molecule has 20 heavy (non-hydrogen) atoms. The standard InChI is InChI=1S/C14H18N2O4/c1-9(8-20-2)15-14(19)16-11-6-4-3-5-10(11)7-12(16)13(17)18/h3-6,9,12H,7-8H2,1-2H3,(H,15,19)(H,17,18)/t9?,12-/m0/s1. The Morgan fingerprint density at radius 1 is 1.50 bits per heavy atom. The minimum absolute atomic E-state index is 0.185. The molecule has 0 fully saturated rings. The Labute approximate surface area is 117 Å². The van der Waals surface area contributed by atoms with Crippen LogP contribution in [0.4, 0.5) is 10.5 Å². The fraction of sp³-hybridized carbons (Fsp3) is 0.429. The number of nitrogens with zero attached hydrogens (tertiary/aromatic N) is 1. The minimum atomic E-state index is -1.00. The average molecular weight is 278 g/mol. The zero-order chi connectivity index (χ0) is 14.7. The molecule has 2 atom stereocenters. The van der Waals surface area contributed by atoms with Crippen LogP contribution in [0.2, 0.25) is 0 Å². The molecule has 2 amide bonds. The molecule has 1 unspecified atom stereocenters. The molecule has 0 aromatic heterocycles. The number of benzene rings is 1. The second-order valence-electron chi connectivity index (χ2n) is 4.86. The van der Waals surface area contributed by atoms with Crippen LogP contribution in [0.5, 0.6) is 0 Å². The van der Waals surface area contributed by atoms with Crippen molar-refractivity contribution in [1.29, 1.82) is 0 Å². The first kappa shape index (κ1) is 14.3. The van der Waals surface area contributed by atoms with Gasteiger partial charge in [0.15, 0.2) is 0 Å². The number of carboxylic acid groups (broad SMARTS) is 1. The van der Waals surface area contributed by atoms with Crippen LogP contribution in [-0.4, -0.2) is 42.9 Å². The van der Waals surface area contributed by atoms with Crippen LogP contribution in [0.3, 0.4) is 0 Å². The van der Waals surface area contributed by atoms with Gasteiger partial charge in [0.2, 0.25) is 0 Å². The van der Waals surface area contributed by atoms with Crippen molar-refractivity contribution in [1.82, 2.24) is 5.32 Å². The van der Waals surface area contributed by atoms with E-state index < -0.39 is 18.0 Å². The molecule has 1 aliphatic rings. The highest BCUT2D eigenvalue weighted by molar-refractivity contribution is 6.01. The molecule has 6 nitrogen and oxygen atoms in total. The van der Waals surface area contributed by atoms with Gasteiger partial charge in [-0.2, -0.15) is 0 Å². The lowest BCUT2D eigenvalue weighted by atomic mass is 10.1. The van der Waals surface area contributed by atoms with E-state index in [0.717, 1.165) is 5.56 Å². The molecule has 0 aliphatic carbocycles. The van der Waals surface area contributed by atoms with Crippen molar-refractivity contribution in [2.75, 3.05) is 18.6 Å². The van der Waals surface area contributed by atoms with Crippen molar-refractivity contribution in [3.05, 3.63) is 29.8 Å². The maximum absolute atomic E-state index is 12.3. The molecule has 0 saturated carbocycles. The second-order valence-corrected chi connectivity index (χ2v) is 4.86. The minimum Gasteiger partial charge on any atom is -0.480 e. The number of rotatable bonds is 4. The Balaban J connectivity index is 2.22. The highest BCUT2D eigenvalue weighted by atomic mass is 16.5. The van der Waals surface area contributed by atoms with Gasteiger partial charge in [-0.3, -0.25) is 4.90 Å². The van der Waals surface area contributed by atoms with Crippen LogP contribution in [0, 0.1) is 0 Å². The van der Waals surface area contributed by atoms with Crippen LogP contribution in [0.1, 0.15) is 12.5 Å². The Bertz CT molecular complexity index is 518. The maximum atomic E-state index is 12.3. The number of anilines is 1. The van der Waals surface area contributed by atoms with Crippen LogP contribution in [0.25, 0.3) is 0 Å². The molecule has 1 aliphatic heterocycles. The Morgan fingerprint density at radius 2 is 2.20 bits per heavy atom. The molecule has 1 aromatic carbocycles. The fourth-order valence-corrected chi connectivity index (χ4v) is 2.41. The maximum Gasteiger partial charge on any atom is 0.327 e. The molecular formula is C14H18N2O4. The Morgan fingerprint density at radius 3 is 2.85 bits per heavy atom. The van der Waals surface area contributed by atoms with E-state index in [4.69, 9.17) is 4.74 Å². The first-order valence-corrected chi connectivity index (χ1v) is 6.44. The van der Waals surface area contributed by atoms with Gasteiger partial charge in [0.25, 0.3) is 0 Å². The van der Waals surface area contributed by atoms with Crippen molar-refractivity contribution in [2.45, 2.75) is 25.4 Å². The van der Waals surface area contributed by atoms with E-state index in [1.165, 1.54) is 4.90 Å². The van der Waals surface area contributed by atoms with Gasteiger partial charge in [-0.25, -0.2) is 9.59 Å². The van der Waals surface area contributed by atoms with Crippen molar-refractivity contribution < 1.29 is 19.4 Å². The summed E-state index contributed by atoms with van der Waals surface area (Å²) in [4.78, 5) is 25.0. The normalized spacial score (nSPS) is 18.5. The number of methoxy groups -OCH3 is 1. The van der Waals surface area contributed by atoms with Crippen LogP contribution < -0.4 is 10.2 Å². The van der Waals surface area contributed by atoms with Gasteiger partial charge in [-0.05, 0) is 18.6 Å². The quantitative estimate of drug-likeness (QED) is 0.868. The Kier molecular flexibility index (Phi) is 4.24. The summed E-state index contributed by atoms with van der Waals surface area (Å²) in [5, 5.41) is 12.0. The summed E-state index contributed by atoms with van der Waals surface area (Å²) in [5.74, 6) is -1.00. The lowest BCUT2D eigenvalue weighted by Crippen LogP contribution is -2.50. The molecule has 0 spiro atoms. The molecule has 0 saturated heterocycles. The number of hydrogen-bond acceptors (Lipinski definition) is 3. The highest BCUT2D eigenvalue weighted by Gasteiger charge is 2.38. The zero-order valence-corrected chi connectivity index (χ0v) is 11.5. The van der Waals surface area contributed by atoms with Crippen LogP contribution >= 0.6 is 0 Å². The third-order valence-electron chi connectivity index (χ3n) is 3.27. The number of hydrogen-bond donors (Lipinski definition) is 2. The molecule has 1 aromatic rings. The SMILES string of the molecule is COCC(C)NC(=O)N1c2ccccc2C[C@H]1C(=O)O. The number of nitrogens with one attached hydrogen (secondary N) is 1. The number of urea groups is 1. The van der Waals surface area contributed by atoms with Gasteiger partial charge in [0, 0.05) is 19.2 Å². The van der Waals surface area contributed by atoms with E-state index in [1.807, 2.05) is 12.1 Å². The van der Waals surface area contributed by atoms with Gasteiger partial charge in [-0.1, -0.05) is 18.2 Å². The van der Waals surface area contributed by atoms with E-state index in [1.54, 1.807) is 26.2 Å². The second kappa shape index (κ2) is 5.92. The first-order chi connectivity index (χ1) is 9.54. The van der Waals surface area contributed by atoms with Gasteiger partial charge < -0.3 is 15.2 Å². The molecule has 1 heterocycles. The predicted molar refractivity (Wildman–Crippen MR) is 73.9 cm³/mol. The van der Waals surface area contributed by atoms with Crippen molar-refractivity contribution in [3.8, 4) is 0 Å². The summed E-state index contributed by atoms with van der Waals surface area (Å²) in [5.41, 5.74) is 1.52. The number of para-hydroxylation sites is 1. The first-order valence-electron chi connectivity index (χ1n) is 6.44. The monoisotopic (exact) mass is 278 g/mol. The van der Waals surface area contributed by atoms with Gasteiger partial charge in [-0.15, -0.1) is 0 Å². The third kappa shape index (κ3) is 2.75. The number of amides is 2. The molecule has 2 rings (SSSR count). The number of carbonyl (C=O) groups excluding carboxylic acids is 1. The fourth-order valence-electron chi connectivity index (χ4n) is 2.41. The van der Waals surface area contributed by atoms with Crippen molar-refractivity contribution >= 4 is 17.7 Å². The van der Waals surface area contributed by atoms with E-state index >= 15 is 0 Å². The van der Waals surface area contributed by atoms with Crippen LogP contribution in [-0.2, 0) is 16.0 Å².